The molecule has 1 saturated carbocycles. The van der Waals surface area contributed by atoms with Crippen LogP contribution in [-0.2, 0) is 9.84 Å². The molecule has 1 aliphatic rings. The van der Waals surface area contributed by atoms with Crippen LogP contribution in [0.5, 0.6) is 0 Å². The minimum Gasteiger partial charge on any atom is -0.381 e. The maximum absolute atomic E-state index is 12.1. The van der Waals surface area contributed by atoms with Crippen LogP contribution in [0.3, 0.4) is 0 Å². The standard InChI is InChI=1S/C13H19NO2S/c1-2-10-17(15,16)13-9-4-3-8-12(13)14-11-6-5-7-11/h3-4,8-9,11,14H,2,5-7,10H2,1H3. The van der Waals surface area contributed by atoms with Crippen LogP contribution in [0.25, 0.3) is 0 Å². The summed E-state index contributed by atoms with van der Waals surface area (Å²) < 4.78 is 24.2. The number of para-hydroxylation sites is 1. The maximum atomic E-state index is 12.1. The number of hydrogen-bond acceptors (Lipinski definition) is 3. The first-order valence-corrected chi connectivity index (χ1v) is 7.87. The summed E-state index contributed by atoms with van der Waals surface area (Å²) in [6.45, 7) is 1.89. The van der Waals surface area contributed by atoms with Crippen LogP contribution >= 0.6 is 0 Å². The Morgan fingerprint density at radius 3 is 2.59 bits per heavy atom. The molecule has 0 atom stereocenters. The van der Waals surface area contributed by atoms with Gasteiger partial charge in [0.1, 0.15) is 0 Å². The topological polar surface area (TPSA) is 46.2 Å². The molecule has 1 aromatic rings. The highest BCUT2D eigenvalue weighted by Crippen LogP contribution is 2.28. The Bertz CT molecular complexity index is 478. The van der Waals surface area contributed by atoms with E-state index in [-0.39, 0.29) is 5.75 Å². The fourth-order valence-corrected chi connectivity index (χ4v) is 3.51. The molecule has 4 heteroatoms. The van der Waals surface area contributed by atoms with Crippen molar-refractivity contribution in [2.24, 2.45) is 0 Å². The van der Waals surface area contributed by atoms with Crippen LogP contribution in [0.4, 0.5) is 5.69 Å². The zero-order chi connectivity index (χ0) is 12.3. The molecular weight excluding hydrogens is 234 g/mol. The van der Waals surface area contributed by atoms with Crippen molar-refractivity contribution in [3.05, 3.63) is 24.3 Å². The molecule has 0 aliphatic heterocycles. The normalized spacial score (nSPS) is 16.5. The molecule has 0 saturated heterocycles. The van der Waals surface area contributed by atoms with Gasteiger partial charge >= 0.3 is 0 Å². The third-order valence-corrected chi connectivity index (χ3v) is 5.13. The zero-order valence-corrected chi connectivity index (χ0v) is 11.0. The number of sulfone groups is 1. The molecule has 0 heterocycles. The van der Waals surface area contributed by atoms with Gasteiger partial charge in [0.25, 0.3) is 0 Å². The summed E-state index contributed by atoms with van der Waals surface area (Å²) in [7, 11) is -3.13. The van der Waals surface area contributed by atoms with E-state index in [1.807, 2.05) is 19.1 Å². The van der Waals surface area contributed by atoms with Crippen molar-refractivity contribution in [1.82, 2.24) is 0 Å². The van der Waals surface area contributed by atoms with Gasteiger partial charge in [-0.05, 0) is 37.8 Å². The van der Waals surface area contributed by atoms with Crippen molar-refractivity contribution >= 4 is 15.5 Å². The molecule has 0 aromatic heterocycles. The fourth-order valence-electron chi connectivity index (χ4n) is 2.01. The average molecular weight is 253 g/mol. The molecule has 2 rings (SSSR count). The third kappa shape index (κ3) is 2.80. The monoisotopic (exact) mass is 253 g/mol. The summed E-state index contributed by atoms with van der Waals surface area (Å²) >= 11 is 0. The fraction of sp³-hybridized carbons (Fsp3) is 0.538. The van der Waals surface area contributed by atoms with E-state index in [1.165, 1.54) is 6.42 Å². The molecule has 17 heavy (non-hydrogen) atoms. The van der Waals surface area contributed by atoms with Crippen molar-refractivity contribution in [3.8, 4) is 0 Å². The predicted octanol–water partition coefficient (Wildman–Crippen LogP) is 2.83. The van der Waals surface area contributed by atoms with Crippen molar-refractivity contribution in [2.75, 3.05) is 11.1 Å². The zero-order valence-electron chi connectivity index (χ0n) is 10.1. The summed E-state index contributed by atoms with van der Waals surface area (Å²) in [6, 6.07) is 7.68. The highest BCUT2D eigenvalue weighted by atomic mass is 32.2. The molecule has 1 aliphatic carbocycles. The van der Waals surface area contributed by atoms with Gasteiger partial charge in [0.15, 0.2) is 9.84 Å². The molecule has 0 amide bonds. The first kappa shape index (κ1) is 12.4. The van der Waals surface area contributed by atoms with Crippen LogP contribution in [0.2, 0.25) is 0 Å². The number of nitrogens with one attached hydrogen (secondary N) is 1. The number of rotatable bonds is 5. The summed E-state index contributed by atoms with van der Waals surface area (Å²) in [4.78, 5) is 0.453. The van der Waals surface area contributed by atoms with Crippen molar-refractivity contribution in [2.45, 2.75) is 43.5 Å². The van der Waals surface area contributed by atoms with E-state index in [4.69, 9.17) is 0 Å². The molecular formula is C13H19NO2S. The van der Waals surface area contributed by atoms with Gasteiger partial charge in [-0.25, -0.2) is 8.42 Å². The molecule has 1 aromatic carbocycles. The van der Waals surface area contributed by atoms with E-state index >= 15 is 0 Å². The molecule has 3 nitrogen and oxygen atoms in total. The van der Waals surface area contributed by atoms with Crippen LogP contribution in [0.1, 0.15) is 32.6 Å². The van der Waals surface area contributed by atoms with Crippen LogP contribution in [0.15, 0.2) is 29.2 Å². The number of benzene rings is 1. The number of anilines is 1. The SMILES string of the molecule is CCCS(=O)(=O)c1ccccc1NC1CCC1. The molecule has 0 unspecified atom stereocenters. The first-order chi connectivity index (χ1) is 8.13. The van der Waals surface area contributed by atoms with Crippen LogP contribution in [-0.4, -0.2) is 20.2 Å². The van der Waals surface area contributed by atoms with Gasteiger partial charge in [-0.3, -0.25) is 0 Å². The Hall–Kier alpha value is -1.03. The third-order valence-electron chi connectivity index (χ3n) is 3.16. The molecule has 0 radical (unpaired) electrons. The van der Waals surface area contributed by atoms with E-state index in [0.29, 0.717) is 17.4 Å². The molecule has 0 bridgehead atoms. The van der Waals surface area contributed by atoms with E-state index in [0.717, 1.165) is 18.5 Å². The highest BCUT2D eigenvalue weighted by molar-refractivity contribution is 7.91. The van der Waals surface area contributed by atoms with Gasteiger partial charge in [0.05, 0.1) is 16.3 Å². The number of hydrogen-bond donors (Lipinski definition) is 1. The van der Waals surface area contributed by atoms with Crippen molar-refractivity contribution in [1.29, 1.82) is 0 Å². The Morgan fingerprint density at radius 1 is 1.29 bits per heavy atom. The summed E-state index contributed by atoms with van der Waals surface area (Å²) in [5, 5.41) is 3.33. The van der Waals surface area contributed by atoms with Crippen molar-refractivity contribution in [3.63, 3.8) is 0 Å². The Kier molecular flexibility index (Phi) is 3.72. The van der Waals surface area contributed by atoms with Gasteiger partial charge < -0.3 is 5.32 Å². The smallest absolute Gasteiger partial charge is 0.180 e. The Morgan fingerprint density at radius 2 is 2.00 bits per heavy atom. The predicted molar refractivity (Wildman–Crippen MR) is 70.0 cm³/mol. The largest absolute Gasteiger partial charge is 0.381 e. The van der Waals surface area contributed by atoms with Gasteiger partial charge in [0.2, 0.25) is 0 Å². The lowest BCUT2D eigenvalue weighted by Gasteiger charge is -2.28. The Labute approximate surface area is 103 Å². The second-order valence-electron chi connectivity index (χ2n) is 4.59. The second-order valence-corrected chi connectivity index (χ2v) is 6.66. The summed E-state index contributed by atoms with van der Waals surface area (Å²) in [6.07, 6.45) is 4.17. The van der Waals surface area contributed by atoms with Gasteiger partial charge in [-0.2, -0.15) is 0 Å². The quantitative estimate of drug-likeness (QED) is 0.877. The first-order valence-electron chi connectivity index (χ1n) is 6.22. The second kappa shape index (κ2) is 5.08. The van der Waals surface area contributed by atoms with E-state index in [1.54, 1.807) is 12.1 Å². The maximum Gasteiger partial charge on any atom is 0.180 e. The summed E-state index contributed by atoms with van der Waals surface area (Å²) in [5.74, 6) is 0.219. The lowest BCUT2D eigenvalue weighted by molar-refractivity contribution is 0.445. The lowest BCUT2D eigenvalue weighted by Crippen LogP contribution is -2.28. The van der Waals surface area contributed by atoms with Crippen LogP contribution in [0, 0.1) is 0 Å². The van der Waals surface area contributed by atoms with Crippen molar-refractivity contribution < 1.29 is 8.42 Å². The average Bonchev–Trinajstić information content (AvgIpc) is 2.24. The van der Waals surface area contributed by atoms with E-state index < -0.39 is 9.84 Å². The van der Waals surface area contributed by atoms with E-state index in [2.05, 4.69) is 5.32 Å². The molecule has 1 fully saturated rings. The van der Waals surface area contributed by atoms with E-state index in [9.17, 15) is 8.42 Å². The lowest BCUT2D eigenvalue weighted by atomic mass is 9.93. The molecule has 0 spiro atoms. The van der Waals surface area contributed by atoms with Gasteiger partial charge in [0, 0.05) is 6.04 Å². The minimum atomic E-state index is -3.13. The van der Waals surface area contributed by atoms with Gasteiger partial charge in [-0.1, -0.05) is 19.1 Å². The minimum absolute atomic E-state index is 0.219. The van der Waals surface area contributed by atoms with Gasteiger partial charge in [-0.15, -0.1) is 0 Å². The molecule has 94 valence electrons. The summed E-state index contributed by atoms with van der Waals surface area (Å²) in [5.41, 5.74) is 0.769. The highest BCUT2D eigenvalue weighted by Gasteiger charge is 2.22. The van der Waals surface area contributed by atoms with Crippen LogP contribution < -0.4 is 5.32 Å². The molecule has 1 N–H and O–H groups in total. The Balaban J connectivity index is 2.26.